The van der Waals surface area contributed by atoms with E-state index >= 15 is 0 Å². The third-order valence-electron chi connectivity index (χ3n) is 2.76. The summed E-state index contributed by atoms with van der Waals surface area (Å²) in [6.45, 7) is 4.40. The van der Waals surface area contributed by atoms with Crippen molar-refractivity contribution in [2.45, 2.75) is 39.2 Å². The van der Waals surface area contributed by atoms with Crippen LogP contribution in [0.3, 0.4) is 0 Å². The monoisotopic (exact) mass is 195 g/mol. The Bertz CT molecular complexity index is 238. The molecule has 0 saturated heterocycles. The minimum atomic E-state index is -0.443. The van der Waals surface area contributed by atoms with Crippen LogP contribution in [-0.4, -0.2) is 18.5 Å². The average Bonchev–Trinajstić information content (AvgIpc) is 2.13. The number of nitriles is 1. The predicted octanol–water partition coefficient (Wildman–Crippen LogP) is 1.92. The Morgan fingerprint density at radius 1 is 1.64 bits per heavy atom. The molecule has 0 amide bonds. The largest absolute Gasteiger partial charge is 0.378 e. The molecule has 1 aliphatic rings. The van der Waals surface area contributed by atoms with E-state index in [1.54, 1.807) is 6.92 Å². The van der Waals surface area contributed by atoms with Crippen molar-refractivity contribution in [3.8, 4) is 6.07 Å². The summed E-state index contributed by atoms with van der Waals surface area (Å²) in [7, 11) is 0. The molecular formula is C11H17NO2. The van der Waals surface area contributed by atoms with E-state index in [-0.39, 0.29) is 5.78 Å². The Balaban J connectivity index is 2.17. The normalized spacial score (nSPS) is 27.5. The number of carbonyl (C=O) groups is 1. The van der Waals surface area contributed by atoms with Gasteiger partial charge in [0.2, 0.25) is 0 Å². The highest BCUT2D eigenvalue weighted by molar-refractivity contribution is 5.83. The Labute approximate surface area is 85.1 Å². The van der Waals surface area contributed by atoms with E-state index in [4.69, 9.17) is 10.00 Å². The molecule has 0 radical (unpaired) electrons. The zero-order chi connectivity index (χ0) is 10.6. The zero-order valence-corrected chi connectivity index (χ0v) is 8.82. The summed E-state index contributed by atoms with van der Waals surface area (Å²) in [4.78, 5) is 11.4. The maximum absolute atomic E-state index is 11.4. The molecule has 1 saturated carbocycles. The summed E-state index contributed by atoms with van der Waals surface area (Å²) in [5, 5.41) is 8.55. The van der Waals surface area contributed by atoms with Crippen LogP contribution in [-0.2, 0) is 9.53 Å². The molecule has 3 nitrogen and oxygen atoms in total. The number of ether oxygens (including phenoxy) is 1. The molecule has 78 valence electrons. The third-order valence-corrected chi connectivity index (χ3v) is 2.76. The molecule has 1 unspecified atom stereocenters. The standard InChI is InChI=1S/C11H17NO2/c1-3-14-10-4-9(5-10)6-11(13)8(2)7-12/h8-10H,3-6H2,1-2H3. The zero-order valence-electron chi connectivity index (χ0n) is 8.82. The molecule has 0 heterocycles. The first-order valence-electron chi connectivity index (χ1n) is 5.21. The van der Waals surface area contributed by atoms with Gasteiger partial charge in [0.1, 0.15) is 11.7 Å². The highest BCUT2D eigenvalue weighted by Gasteiger charge is 2.31. The van der Waals surface area contributed by atoms with Crippen LogP contribution in [0.15, 0.2) is 0 Å². The smallest absolute Gasteiger partial charge is 0.149 e. The summed E-state index contributed by atoms with van der Waals surface area (Å²) >= 11 is 0. The topological polar surface area (TPSA) is 50.1 Å². The SMILES string of the molecule is CCOC1CC(CC(=O)C(C)C#N)C1. The summed E-state index contributed by atoms with van der Waals surface area (Å²) in [5.74, 6) is 0.0865. The fourth-order valence-electron chi connectivity index (χ4n) is 1.75. The van der Waals surface area contributed by atoms with Gasteiger partial charge in [0.25, 0.3) is 0 Å². The van der Waals surface area contributed by atoms with Crippen LogP contribution in [0.2, 0.25) is 0 Å². The van der Waals surface area contributed by atoms with Crippen molar-refractivity contribution in [2.24, 2.45) is 11.8 Å². The average molecular weight is 195 g/mol. The summed E-state index contributed by atoms with van der Waals surface area (Å²) in [6.07, 6.45) is 2.88. The molecule has 0 bridgehead atoms. The first-order chi connectivity index (χ1) is 6.67. The first-order valence-corrected chi connectivity index (χ1v) is 5.21. The van der Waals surface area contributed by atoms with Crippen LogP contribution < -0.4 is 0 Å². The van der Waals surface area contributed by atoms with Crippen LogP contribution in [0.5, 0.6) is 0 Å². The Hall–Kier alpha value is -0.880. The van der Waals surface area contributed by atoms with Gasteiger partial charge in [0.05, 0.1) is 12.2 Å². The van der Waals surface area contributed by atoms with Crippen molar-refractivity contribution >= 4 is 5.78 Å². The van der Waals surface area contributed by atoms with Crippen LogP contribution >= 0.6 is 0 Å². The van der Waals surface area contributed by atoms with Crippen LogP contribution in [0, 0.1) is 23.2 Å². The van der Waals surface area contributed by atoms with Gasteiger partial charge in [-0.25, -0.2) is 0 Å². The number of nitrogens with zero attached hydrogens (tertiary/aromatic N) is 1. The number of carbonyl (C=O) groups excluding carboxylic acids is 1. The number of hydrogen-bond acceptors (Lipinski definition) is 3. The maximum Gasteiger partial charge on any atom is 0.149 e. The van der Waals surface area contributed by atoms with E-state index in [9.17, 15) is 4.79 Å². The predicted molar refractivity (Wildman–Crippen MR) is 52.5 cm³/mol. The summed E-state index contributed by atoms with van der Waals surface area (Å²) in [5.41, 5.74) is 0. The number of rotatable bonds is 5. The van der Waals surface area contributed by atoms with Crippen LogP contribution in [0.1, 0.15) is 33.1 Å². The van der Waals surface area contributed by atoms with Gasteiger partial charge in [-0.2, -0.15) is 5.26 Å². The van der Waals surface area contributed by atoms with E-state index in [1.165, 1.54) is 0 Å². The lowest BCUT2D eigenvalue weighted by atomic mass is 9.78. The highest BCUT2D eigenvalue weighted by atomic mass is 16.5. The van der Waals surface area contributed by atoms with E-state index in [0.717, 1.165) is 19.4 Å². The van der Waals surface area contributed by atoms with Gasteiger partial charge in [-0.3, -0.25) is 4.79 Å². The third kappa shape index (κ3) is 2.81. The maximum atomic E-state index is 11.4. The Morgan fingerprint density at radius 2 is 2.29 bits per heavy atom. The minimum Gasteiger partial charge on any atom is -0.378 e. The van der Waals surface area contributed by atoms with Crippen molar-refractivity contribution in [2.75, 3.05) is 6.61 Å². The van der Waals surface area contributed by atoms with Gasteiger partial charge in [0.15, 0.2) is 0 Å². The van der Waals surface area contributed by atoms with Crippen molar-refractivity contribution in [1.82, 2.24) is 0 Å². The Morgan fingerprint density at radius 3 is 2.79 bits per heavy atom. The molecule has 3 heteroatoms. The van der Waals surface area contributed by atoms with Gasteiger partial charge in [-0.05, 0) is 32.6 Å². The van der Waals surface area contributed by atoms with Gasteiger partial charge in [-0.15, -0.1) is 0 Å². The molecule has 14 heavy (non-hydrogen) atoms. The molecule has 1 atom stereocenters. The number of Topliss-reactive ketones (excluding diaryl/α,β-unsaturated/α-hetero) is 1. The van der Waals surface area contributed by atoms with Crippen LogP contribution in [0.4, 0.5) is 0 Å². The molecule has 0 aliphatic heterocycles. The molecule has 0 aromatic heterocycles. The second kappa shape index (κ2) is 5.11. The molecule has 0 aromatic carbocycles. The van der Waals surface area contributed by atoms with E-state index < -0.39 is 5.92 Å². The van der Waals surface area contributed by atoms with Crippen LogP contribution in [0.25, 0.3) is 0 Å². The lowest BCUT2D eigenvalue weighted by Gasteiger charge is -2.34. The Kier molecular flexibility index (Phi) is 4.09. The lowest BCUT2D eigenvalue weighted by molar-refractivity contribution is -0.124. The molecule has 1 aliphatic carbocycles. The number of ketones is 1. The molecule has 1 fully saturated rings. The van der Waals surface area contributed by atoms with Crippen molar-refractivity contribution in [1.29, 1.82) is 5.26 Å². The van der Waals surface area contributed by atoms with Crippen molar-refractivity contribution in [3.05, 3.63) is 0 Å². The highest BCUT2D eigenvalue weighted by Crippen LogP contribution is 2.33. The second-order valence-corrected chi connectivity index (χ2v) is 3.94. The second-order valence-electron chi connectivity index (χ2n) is 3.94. The molecule has 0 spiro atoms. The summed E-state index contributed by atoms with van der Waals surface area (Å²) in [6, 6.07) is 1.97. The summed E-state index contributed by atoms with van der Waals surface area (Å²) < 4.78 is 5.40. The van der Waals surface area contributed by atoms with Gasteiger partial charge >= 0.3 is 0 Å². The quantitative estimate of drug-likeness (QED) is 0.673. The molecule has 1 rings (SSSR count). The van der Waals surface area contributed by atoms with E-state index in [2.05, 4.69) is 0 Å². The first kappa shape index (κ1) is 11.2. The van der Waals surface area contributed by atoms with Gasteiger partial charge in [-0.1, -0.05) is 0 Å². The van der Waals surface area contributed by atoms with E-state index in [0.29, 0.717) is 18.4 Å². The molecule has 0 N–H and O–H groups in total. The van der Waals surface area contributed by atoms with Crippen molar-refractivity contribution < 1.29 is 9.53 Å². The lowest BCUT2D eigenvalue weighted by Crippen LogP contribution is -2.33. The van der Waals surface area contributed by atoms with Gasteiger partial charge < -0.3 is 4.74 Å². The molecular weight excluding hydrogens is 178 g/mol. The van der Waals surface area contributed by atoms with E-state index in [1.807, 2.05) is 13.0 Å². The molecule has 0 aromatic rings. The van der Waals surface area contributed by atoms with Gasteiger partial charge in [0, 0.05) is 13.0 Å². The van der Waals surface area contributed by atoms with Crippen molar-refractivity contribution in [3.63, 3.8) is 0 Å². The fourth-order valence-corrected chi connectivity index (χ4v) is 1.75. The number of hydrogen-bond donors (Lipinski definition) is 0. The minimum absolute atomic E-state index is 0.0763. The fraction of sp³-hybridized carbons (Fsp3) is 0.818.